The number of nitrogens with one attached hydrogen (secondary N) is 1. The minimum absolute atomic E-state index is 0.0699. The Morgan fingerprint density at radius 2 is 2.00 bits per heavy atom. The Kier molecular flexibility index (Phi) is 5.21. The first-order chi connectivity index (χ1) is 12.1. The molecule has 2 heterocycles. The molecule has 10 nitrogen and oxygen atoms in total. The smallest absolute Gasteiger partial charge is 0.353 e. The fourth-order valence-electron chi connectivity index (χ4n) is 2.43. The molecule has 0 unspecified atom stereocenters. The zero-order valence-corrected chi connectivity index (χ0v) is 13.4. The van der Waals surface area contributed by atoms with Crippen LogP contribution in [0.15, 0.2) is 30.3 Å². The van der Waals surface area contributed by atoms with Crippen LogP contribution in [-0.2, 0) is 16.2 Å². The van der Waals surface area contributed by atoms with Crippen LogP contribution in [0.5, 0.6) is 0 Å². The molecule has 1 aliphatic heterocycles. The van der Waals surface area contributed by atoms with Crippen molar-refractivity contribution in [2.24, 2.45) is 0 Å². The van der Waals surface area contributed by atoms with Crippen LogP contribution in [0, 0.1) is 10.1 Å². The number of rotatable bonds is 6. The molecule has 1 aromatic heterocycles. The van der Waals surface area contributed by atoms with Crippen LogP contribution in [0.2, 0.25) is 0 Å². The van der Waals surface area contributed by atoms with E-state index in [0.29, 0.717) is 26.3 Å². The fourth-order valence-corrected chi connectivity index (χ4v) is 2.43. The first kappa shape index (κ1) is 16.9. The highest BCUT2D eigenvalue weighted by Crippen LogP contribution is 2.32. The molecule has 1 saturated heterocycles. The van der Waals surface area contributed by atoms with E-state index in [4.69, 9.17) is 15.3 Å². The minimum Gasteiger partial charge on any atom is -0.378 e. The van der Waals surface area contributed by atoms with E-state index in [0.717, 1.165) is 5.56 Å². The van der Waals surface area contributed by atoms with Gasteiger partial charge in [-0.1, -0.05) is 30.3 Å². The number of aromatic nitrogens is 2. The maximum atomic E-state index is 11.3. The lowest BCUT2D eigenvalue weighted by atomic mass is 10.2. The normalized spacial score (nSPS) is 14.3. The quantitative estimate of drug-likeness (QED) is 0.588. The molecule has 1 aliphatic rings. The molecular formula is C15H18N6O4. The molecule has 3 rings (SSSR count). The number of nitrogens with two attached hydrogens (primary N) is 1. The Morgan fingerprint density at radius 1 is 1.28 bits per heavy atom. The van der Waals surface area contributed by atoms with E-state index < -0.39 is 4.92 Å². The van der Waals surface area contributed by atoms with E-state index in [2.05, 4.69) is 15.4 Å². The van der Waals surface area contributed by atoms with Crippen LogP contribution in [0.3, 0.4) is 0 Å². The van der Waals surface area contributed by atoms with Gasteiger partial charge in [0.05, 0.1) is 24.7 Å². The van der Waals surface area contributed by atoms with Crippen molar-refractivity contribution < 1.29 is 14.5 Å². The number of nitro groups is 1. The molecule has 0 atom stereocenters. The van der Waals surface area contributed by atoms with Gasteiger partial charge in [0.1, 0.15) is 0 Å². The van der Waals surface area contributed by atoms with Gasteiger partial charge in [-0.15, -0.1) is 0 Å². The summed E-state index contributed by atoms with van der Waals surface area (Å²) in [5.74, 6) is 0.0134. The summed E-state index contributed by atoms with van der Waals surface area (Å²) in [6.07, 6.45) is 0. The van der Waals surface area contributed by atoms with Crippen LogP contribution in [-0.4, -0.2) is 41.2 Å². The van der Waals surface area contributed by atoms with Crippen molar-refractivity contribution >= 4 is 23.3 Å². The van der Waals surface area contributed by atoms with Gasteiger partial charge < -0.3 is 15.4 Å². The van der Waals surface area contributed by atoms with Gasteiger partial charge in [0.2, 0.25) is 11.6 Å². The van der Waals surface area contributed by atoms with Gasteiger partial charge in [-0.25, -0.2) is 5.48 Å². The molecule has 1 aromatic carbocycles. The summed E-state index contributed by atoms with van der Waals surface area (Å²) < 4.78 is 5.27. The molecule has 0 saturated carbocycles. The molecule has 0 aliphatic carbocycles. The lowest BCUT2D eigenvalue weighted by Crippen LogP contribution is -2.37. The summed E-state index contributed by atoms with van der Waals surface area (Å²) in [6.45, 7) is 2.19. The van der Waals surface area contributed by atoms with Gasteiger partial charge >= 0.3 is 5.69 Å². The Hall–Kier alpha value is -2.98. The molecule has 0 amide bonds. The van der Waals surface area contributed by atoms with Gasteiger partial charge in [-0.05, 0) is 5.56 Å². The molecule has 3 N–H and O–H groups in total. The predicted molar refractivity (Wildman–Crippen MR) is 91.0 cm³/mol. The first-order valence-corrected chi connectivity index (χ1v) is 7.71. The third-order valence-electron chi connectivity index (χ3n) is 3.63. The number of hydrogen-bond donors (Lipinski definition) is 2. The summed E-state index contributed by atoms with van der Waals surface area (Å²) in [5, 5.41) is 11.3. The van der Waals surface area contributed by atoms with E-state index in [1.807, 2.05) is 30.3 Å². The van der Waals surface area contributed by atoms with E-state index in [1.165, 1.54) is 0 Å². The van der Waals surface area contributed by atoms with Crippen molar-refractivity contribution in [2.45, 2.75) is 6.61 Å². The summed E-state index contributed by atoms with van der Waals surface area (Å²) in [7, 11) is 0. The Labute approximate surface area is 143 Å². The second-order valence-electron chi connectivity index (χ2n) is 5.34. The molecule has 0 radical (unpaired) electrons. The maximum absolute atomic E-state index is 11.3. The zero-order valence-electron chi connectivity index (χ0n) is 13.4. The fraction of sp³-hybridized carbons (Fsp3) is 0.333. The first-order valence-electron chi connectivity index (χ1n) is 7.71. The topological polar surface area (TPSA) is 129 Å². The number of ether oxygens (including phenoxy) is 1. The largest absolute Gasteiger partial charge is 0.378 e. The minimum atomic E-state index is -0.575. The average molecular weight is 346 g/mol. The van der Waals surface area contributed by atoms with Crippen LogP contribution in [0.1, 0.15) is 5.56 Å². The third-order valence-corrected chi connectivity index (χ3v) is 3.63. The van der Waals surface area contributed by atoms with Crippen molar-refractivity contribution in [2.75, 3.05) is 42.4 Å². The molecule has 1 fully saturated rings. The molecule has 10 heteroatoms. The average Bonchev–Trinajstić information content (AvgIpc) is 2.62. The molecule has 0 spiro atoms. The molecular weight excluding hydrogens is 328 g/mol. The maximum Gasteiger partial charge on any atom is 0.353 e. The number of morpholine rings is 1. The second kappa shape index (κ2) is 7.73. The van der Waals surface area contributed by atoms with E-state index in [1.54, 1.807) is 4.90 Å². The van der Waals surface area contributed by atoms with Crippen molar-refractivity contribution in [3.8, 4) is 0 Å². The van der Waals surface area contributed by atoms with Gasteiger partial charge in [0.25, 0.3) is 5.95 Å². The van der Waals surface area contributed by atoms with Gasteiger partial charge in [-0.3, -0.25) is 15.0 Å². The van der Waals surface area contributed by atoms with Gasteiger partial charge in [-0.2, -0.15) is 9.97 Å². The van der Waals surface area contributed by atoms with Crippen LogP contribution >= 0.6 is 0 Å². The number of benzene rings is 1. The second-order valence-corrected chi connectivity index (χ2v) is 5.34. The molecule has 0 bridgehead atoms. The highest BCUT2D eigenvalue weighted by Gasteiger charge is 2.28. The molecule has 132 valence electrons. The van der Waals surface area contributed by atoms with Crippen molar-refractivity contribution in [3.63, 3.8) is 0 Å². The predicted octanol–water partition coefficient (Wildman–Crippen LogP) is 1.35. The summed E-state index contributed by atoms with van der Waals surface area (Å²) in [4.78, 5) is 26.0. The number of hydrogen-bond acceptors (Lipinski definition) is 9. The summed E-state index contributed by atoms with van der Waals surface area (Å²) in [6, 6.07) is 9.52. The lowest BCUT2D eigenvalue weighted by molar-refractivity contribution is -0.383. The Morgan fingerprint density at radius 3 is 2.68 bits per heavy atom. The monoisotopic (exact) mass is 346 g/mol. The standard InChI is InChI=1S/C15H18N6O4/c16-13-12(21(22)23)14(20-6-8-24-9-7-20)18-15(17-13)19-25-10-11-4-2-1-3-5-11/h1-5H,6-10H2,(H3,16,17,18,19). The van der Waals surface area contributed by atoms with Crippen molar-refractivity contribution in [1.82, 2.24) is 9.97 Å². The molecule has 25 heavy (non-hydrogen) atoms. The summed E-state index contributed by atoms with van der Waals surface area (Å²) >= 11 is 0. The van der Waals surface area contributed by atoms with Gasteiger partial charge in [0, 0.05) is 13.1 Å². The number of anilines is 3. The highest BCUT2D eigenvalue weighted by atomic mass is 16.6. The summed E-state index contributed by atoms with van der Waals surface area (Å²) in [5.41, 5.74) is 9.01. The van der Waals surface area contributed by atoms with Crippen molar-refractivity contribution in [3.05, 3.63) is 46.0 Å². The third kappa shape index (κ3) is 4.11. The number of nitrogen functional groups attached to an aromatic ring is 1. The van der Waals surface area contributed by atoms with Crippen molar-refractivity contribution in [1.29, 1.82) is 0 Å². The van der Waals surface area contributed by atoms with E-state index >= 15 is 0 Å². The SMILES string of the molecule is Nc1nc(NOCc2ccccc2)nc(N2CCOCC2)c1[N+](=O)[O-]. The van der Waals surface area contributed by atoms with E-state index in [9.17, 15) is 10.1 Å². The van der Waals surface area contributed by atoms with Crippen LogP contribution in [0.25, 0.3) is 0 Å². The Bertz CT molecular complexity index is 736. The lowest BCUT2D eigenvalue weighted by Gasteiger charge is -2.27. The zero-order chi connectivity index (χ0) is 17.6. The van der Waals surface area contributed by atoms with E-state index in [-0.39, 0.29) is 29.9 Å². The van der Waals surface area contributed by atoms with Crippen LogP contribution < -0.4 is 16.1 Å². The Balaban J connectivity index is 1.77. The molecule has 2 aromatic rings. The number of nitrogens with zero attached hydrogens (tertiary/aromatic N) is 4. The van der Waals surface area contributed by atoms with Crippen LogP contribution in [0.4, 0.5) is 23.3 Å². The van der Waals surface area contributed by atoms with Gasteiger partial charge in [0.15, 0.2) is 0 Å². The highest BCUT2D eigenvalue weighted by molar-refractivity contribution is 5.70.